The Hall–Kier alpha value is -2.82. The summed E-state index contributed by atoms with van der Waals surface area (Å²) in [5, 5.41) is 5.74. The molecule has 0 atom stereocenters. The largest absolute Gasteiger partial charge is 0.493 e. The van der Waals surface area contributed by atoms with Crippen LogP contribution in [0.5, 0.6) is 5.75 Å². The van der Waals surface area contributed by atoms with Crippen LogP contribution in [0.15, 0.2) is 48.5 Å². The van der Waals surface area contributed by atoms with E-state index >= 15 is 0 Å². The molecule has 2 aromatic rings. The van der Waals surface area contributed by atoms with Gasteiger partial charge in [-0.05, 0) is 54.8 Å². The highest BCUT2D eigenvalue weighted by Gasteiger charge is 2.08. The van der Waals surface area contributed by atoms with Crippen LogP contribution in [0.25, 0.3) is 0 Å². The first-order valence-electron chi connectivity index (χ1n) is 9.92. The predicted octanol–water partition coefficient (Wildman–Crippen LogP) is 5.49. The lowest BCUT2D eigenvalue weighted by Gasteiger charge is -2.10. The SMILES string of the molecule is CCCCCC(=O)Nc1cccc(NC(=O)c2ccc(OCC(C)C)cc2)c1. The van der Waals surface area contributed by atoms with E-state index in [-0.39, 0.29) is 11.8 Å². The molecule has 0 unspecified atom stereocenters. The van der Waals surface area contributed by atoms with Gasteiger partial charge >= 0.3 is 0 Å². The maximum Gasteiger partial charge on any atom is 0.255 e. The lowest BCUT2D eigenvalue weighted by molar-refractivity contribution is -0.116. The Balaban J connectivity index is 1.92. The highest BCUT2D eigenvalue weighted by atomic mass is 16.5. The van der Waals surface area contributed by atoms with Crippen molar-refractivity contribution in [2.45, 2.75) is 46.5 Å². The van der Waals surface area contributed by atoms with Crippen LogP contribution in [0, 0.1) is 5.92 Å². The van der Waals surface area contributed by atoms with Gasteiger partial charge in [-0.1, -0.05) is 39.7 Å². The van der Waals surface area contributed by atoms with Crippen molar-refractivity contribution in [1.29, 1.82) is 0 Å². The molecule has 2 aromatic carbocycles. The van der Waals surface area contributed by atoms with Crippen LogP contribution in [0.2, 0.25) is 0 Å². The Morgan fingerprint density at radius 2 is 1.64 bits per heavy atom. The topological polar surface area (TPSA) is 67.4 Å². The van der Waals surface area contributed by atoms with E-state index in [4.69, 9.17) is 4.74 Å². The third kappa shape index (κ3) is 7.43. The number of carbonyl (C=O) groups excluding carboxylic acids is 2. The molecule has 150 valence electrons. The van der Waals surface area contributed by atoms with Crippen molar-refractivity contribution in [3.05, 3.63) is 54.1 Å². The van der Waals surface area contributed by atoms with E-state index < -0.39 is 0 Å². The van der Waals surface area contributed by atoms with Gasteiger partial charge in [-0.25, -0.2) is 0 Å². The molecule has 5 heteroatoms. The third-order valence-electron chi connectivity index (χ3n) is 4.11. The minimum absolute atomic E-state index is 0.00564. The monoisotopic (exact) mass is 382 g/mol. The van der Waals surface area contributed by atoms with Crippen molar-refractivity contribution < 1.29 is 14.3 Å². The van der Waals surface area contributed by atoms with Crippen molar-refractivity contribution in [2.75, 3.05) is 17.2 Å². The summed E-state index contributed by atoms with van der Waals surface area (Å²) < 4.78 is 5.64. The van der Waals surface area contributed by atoms with Crippen LogP contribution in [-0.2, 0) is 4.79 Å². The molecular weight excluding hydrogens is 352 g/mol. The van der Waals surface area contributed by atoms with E-state index in [1.165, 1.54) is 0 Å². The van der Waals surface area contributed by atoms with Crippen LogP contribution < -0.4 is 15.4 Å². The van der Waals surface area contributed by atoms with Gasteiger partial charge in [-0.3, -0.25) is 9.59 Å². The first-order chi connectivity index (χ1) is 13.5. The number of amides is 2. The Bertz CT molecular complexity index is 770. The third-order valence-corrected chi connectivity index (χ3v) is 4.11. The average molecular weight is 383 g/mol. The van der Waals surface area contributed by atoms with E-state index in [1.54, 1.807) is 42.5 Å². The number of rotatable bonds is 10. The maximum absolute atomic E-state index is 12.5. The van der Waals surface area contributed by atoms with Gasteiger partial charge in [-0.2, -0.15) is 0 Å². The zero-order valence-corrected chi connectivity index (χ0v) is 17.0. The van der Waals surface area contributed by atoms with Gasteiger partial charge in [0.25, 0.3) is 5.91 Å². The molecule has 0 aliphatic carbocycles. The molecule has 5 nitrogen and oxygen atoms in total. The molecule has 0 fully saturated rings. The summed E-state index contributed by atoms with van der Waals surface area (Å²) in [6, 6.07) is 14.2. The lowest BCUT2D eigenvalue weighted by Crippen LogP contribution is -2.13. The maximum atomic E-state index is 12.5. The molecule has 0 saturated carbocycles. The van der Waals surface area contributed by atoms with Gasteiger partial charge in [0.15, 0.2) is 0 Å². The zero-order chi connectivity index (χ0) is 20.4. The molecule has 0 spiro atoms. The summed E-state index contributed by atoms with van der Waals surface area (Å²) >= 11 is 0. The highest BCUT2D eigenvalue weighted by molar-refractivity contribution is 6.04. The summed E-state index contributed by atoms with van der Waals surface area (Å²) in [5.74, 6) is 0.983. The van der Waals surface area contributed by atoms with E-state index in [9.17, 15) is 9.59 Å². The summed E-state index contributed by atoms with van der Waals surface area (Å²) in [5.41, 5.74) is 1.86. The number of hydrogen-bond acceptors (Lipinski definition) is 3. The minimum Gasteiger partial charge on any atom is -0.493 e. The highest BCUT2D eigenvalue weighted by Crippen LogP contribution is 2.18. The van der Waals surface area contributed by atoms with Crippen LogP contribution in [0.3, 0.4) is 0 Å². The van der Waals surface area contributed by atoms with Crippen molar-refractivity contribution >= 4 is 23.2 Å². The minimum atomic E-state index is -0.207. The fraction of sp³-hybridized carbons (Fsp3) is 0.391. The van der Waals surface area contributed by atoms with Gasteiger partial charge in [0.1, 0.15) is 5.75 Å². The molecule has 0 bridgehead atoms. The Labute approximate surface area is 167 Å². The summed E-state index contributed by atoms with van der Waals surface area (Å²) in [6.45, 7) is 6.92. The van der Waals surface area contributed by atoms with Crippen molar-refractivity contribution in [1.82, 2.24) is 0 Å². The summed E-state index contributed by atoms with van der Waals surface area (Å²) in [4.78, 5) is 24.4. The molecule has 2 N–H and O–H groups in total. The molecule has 0 heterocycles. The van der Waals surface area contributed by atoms with Gasteiger partial charge in [0, 0.05) is 23.4 Å². The summed E-state index contributed by atoms with van der Waals surface area (Å²) in [7, 11) is 0. The number of ether oxygens (including phenoxy) is 1. The van der Waals surface area contributed by atoms with Crippen LogP contribution in [0.4, 0.5) is 11.4 Å². The first kappa shape index (κ1) is 21.5. The fourth-order valence-corrected chi connectivity index (χ4v) is 2.60. The van der Waals surface area contributed by atoms with Crippen LogP contribution in [-0.4, -0.2) is 18.4 Å². The molecule has 0 aromatic heterocycles. The average Bonchev–Trinajstić information content (AvgIpc) is 2.67. The number of anilines is 2. The van der Waals surface area contributed by atoms with Crippen LogP contribution >= 0.6 is 0 Å². The fourth-order valence-electron chi connectivity index (χ4n) is 2.60. The van der Waals surface area contributed by atoms with Gasteiger partial charge in [0.05, 0.1) is 6.61 Å². The number of benzene rings is 2. The smallest absolute Gasteiger partial charge is 0.255 e. The van der Waals surface area contributed by atoms with E-state index in [0.29, 0.717) is 35.9 Å². The number of unbranched alkanes of at least 4 members (excludes halogenated alkanes) is 2. The summed E-state index contributed by atoms with van der Waals surface area (Å²) in [6.07, 6.45) is 3.52. The Morgan fingerprint density at radius 1 is 0.964 bits per heavy atom. The quantitative estimate of drug-likeness (QED) is 0.534. The standard InChI is InChI=1S/C23H30N2O3/c1-4-5-6-10-22(26)24-19-8-7-9-20(15-19)25-23(27)18-11-13-21(14-12-18)28-16-17(2)3/h7-9,11-15,17H,4-6,10,16H2,1-3H3,(H,24,26)(H,25,27). The molecule has 28 heavy (non-hydrogen) atoms. The molecule has 2 rings (SSSR count). The lowest BCUT2D eigenvalue weighted by atomic mass is 10.2. The van der Waals surface area contributed by atoms with E-state index in [1.807, 2.05) is 6.07 Å². The molecule has 0 aliphatic heterocycles. The normalized spacial score (nSPS) is 10.6. The van der Waals surface area contributed by atoms with Gasteiger partial charge in [-0.15, -0.1) is 0 Å². The van der Waals surface area contributed by atoms with E-state index in [2.05, 4.69) is 31.4 Å². The molecule has 0 aliphatic rings. The van der Waals surface area contributed by atoms with Gasteiger partial charge < -0.3 is 15.4 Å². The van der Waals surface area contributed by atoms with Crippen molar-refractivity contribution in [2.24, 2.45) is 5.92 Å². The van der Waals surface area contributed by atoms with E-state index in [0.717, 1.165) is 25.0 Å². The van der Waals surface area contributed by atoms with Crippen molar-refractivity contribution in [3.63, 3.8) is 0 Å². The molecule has 0 radical (unpaired) electrons. The molecular formula is C23H30N2O3. The predicted molar refractivity (Wildman–Crippen MR) is 114 cm³/mol. The zero-order valence-electron chi connectivity index (χ0n) is 17.0. The van der Waals surface area contributed by atoms with Crippen molar-refractivity contribution in [3.8, 4) is 5.75 Å². The number of nitrogens with one attached hydrogen (secondary N) is 2. The van der Waals surface area contributed by atoms with Crippen LogP contribution in [0.1, 0.15) is 56.8 Å². The van der Waals surface area contributed by atoms with Gasteiger partial charge in [0.2, 0.25) is 5.91 Å². The molecule has 2 amide bonds. The number of carbonyl (C=O) groups is 2. The molecule has 0 saturated heterocycles. The first-order valence-corrected chi connectivity index (χ1v) is 9.92. The second-order valence-electron chi connectivity index (χ2n) is 7.27. The Kier molecular flexibility index (Phi) is 8.53. The second kappa shape index (κ2) is 11.1. The second-order valence-corrected chi connectivity index (χ2v) is 7.27. The number of hydrogen-bond donors (Lipinski definition) is 2. The Morgan fingerprint density at radius 3 is 2.29 bits per heavy atom.